The number of halogens is 2. The predicted molar refractivity (Wildman–Crippen MR) is 179 cm³/mol. The van der Waals surface area contributed by atoms with Crippen molar-refractivity contribution in [2.75, 3.05) is 13.1 Å². The van der Waals surface area contributed by atoms with E-state index in [1.165, 1.54) is 10.6 Å². The molecule has 3 aromatic rings. The summed E-state index contributed by atoms with van der Waals surface area (Å²) in [6, 6.07) is 6.04. The van der Waals surface area contributed by atoms with Gasteiger partial charge in [-0.05, 0) is 80.2 Å². The molecule has 3 unspecified atom stereocenters. The van der Waals surface area contributed by atoms with Crippen molar-refractivity contribution in [2.24, 2.45) is 24.4 Å². The maximum atomic E-state index is 14.0. The number of carbonyl (C=O) groups excluding carboxylic acids is 5. The third-order valence-corrected chi connectivity index (χ3v) is 9.77. The Kier molecular flexibility index (Phi) is 11.5. The van der Waals surface area contributed by atoms with Crippen LogP contribution in [0.15, 0.2) is 41.2 Å². The molecule has 5 rings (SSSR count). The Bertz CT molecular complexity index is 1850. The molecule has 2 saturated heterocycles. The first-order chi connectivity index (χ1) is 23.8. The lowest BCUT2D eigenvalue weighted by atomic mass is 9.90. The highest BCUT2D eigenvalue weighted by atomic mass is 19.2. The van der Waals surface area contributed by atoms with Gasteiger partial charge in [-0.2, -0.15) is 0 Å². The summed E-state index contributed by atoms with van der Waals surface area (Å²) < 4.78 is 30.6. The number of piperidine rings is 2. The van der Waals surface area contributed by atoms with Gasteiger partial charge < -0.3 is 21.7 Å². The number of fused-ring (bicyclic) bond motifs is 1. The first-order valence-corrected chi connectivity index (χ1v) is 16.9. The third kappa shape index (κ3) is 8.26. The molecule has 3 atom stereocenters. The van der Waals surface area contributed by atoms with E-state index in [-0.39, 0.29) is 49.6 Å². The van der Waals surface area contributed by atoms with Crippen molar-refractivity contribution in [3.63, 3.8) is 0 Å². The fourth-order valence-electron chi connectivity index (χ4n) is 7.00. The summed E-state index contributed by atoms with van der Waals surface area (Å²) >= 11 is 0. The van der Waals surface area contributed by atoms with Crippen LogP contribution in [0.1, 0.15) is 68.5 Å². The number of rotatable bonds is 13. The van der Waals surface area contributed by atoms with Crippen LogP contribution < -0.4 is 27.8 Å². The van der Waals surface area contributed by atoms with Crippen LogP contribution >= 0.6 is 0 Å². The van der Waals surface area contributed by atoms with Crippen LogP contribution in [0.3, 0.4) is 0 Å². The van der Waals surface area contributed by atoms with Crippen molar-refractivity contribution in [3.8, 4) is 0 Å². The minimum atomic E-state index is -1.09. The zero-order valence-electron chi connectivity index (χ0n) is 28.0. The number of hydrogen-bond acceptors (Lipinski definition) is 7. The summed E-state index contributed by atoms with van der Waals surface area (Å²) in [6.45, 7) is 0.889. The van der Waals surface area contributed by atoms with Crippen LogP contribution in [0.2, 0.25) is 0 Å². The molecular weight excluding hydrogens is 652 g/mol. The van der Waals surface area contributed by atoms with Gasteiger partial charge in [0.15, 0.2) is 11.6 Å². The quantitative estimate of drug-likeness (QED) is 0.195. The predicted octanol–water partition coefficient (Wildman–Crippen LogP) is 1.48. The Morgan fingerprint density at radius 3 is 2.46 bits per heavy atom. The molecule has 2 aliphatic rings. The third-order valence-electron chi connectivity index (χ3n) is 9.77. The number of carbonyl (C=O) groups is 5. The van der Waals surface area contributed by atoms with E-state index in [1.54, 1.807) is 16.5 Å². The van der Waals surface area contributed by atoms with E-state index in [4.69, 9.17) is 11.5 Å². The highest BCUT2D eigenvalue weighted by Gasteiger charge is 2.33. The second kappa shape index (κ2) is 15.7. The zero-order chi connectivity index (χ0) is 36.1. The Hall–Kier alpha value is -4.92. The standard InChI is InChI=1S/C35H43F2N7O6/c1-42-31-22(6-3-7-27(31)44(35(42)50)28-11-13-30(46)41-33(28)48)5-2-4-20-14-16-43(17-15-20)34(49)26(19-21-8-9-23(36)24(37)18-21)40-32(47)25(38)10-12-29(39)45/h3,6-9,18,20,25-26,28H,2,4-5,10-17,19,38H2,1H3,(H2,39,45)(H,40,47)(H,41,46,48). The van der Waals surface area contributed by atoms with Gasteiger partial charge in [-0.3, -0.25) is 38.4 Å². The number of nitrogens with two attached hydrogens (primary N) is 2. The lowest BCUT2D eigenvalue weighted by molar-refractivity contribution is -0.138. The maximum absolute atomic E-state index is 14.0. The Labute approximate surface area is 287 Å². The minimum absolute atomic E-state index is 0.00484. The molecule has 2 aromatic carbocycles. The summed E-state index contributed by atoms with van der Waals surface area (Å²) in [6.07, 6.45) is 4.09. The molecule has 15 heteroatoms. The van der Waals surface area contributed by atoms with Gasteiger partial charge >= 0.3 is 5.69 Å². The molecule has 2 aliphatic heterocycles. The van der Waals surface area contributed by atoms with Crippen LogP contribution in [0.5, 0.6) is 0 Å². The molecule has 268 valence electrons. The average Bonchev–Trinajstić information content (AvgIpc) is 3.34. The van der Waals surface area contributed by atoms with E-state index in [9.17, 15) is 37.5 Å². The van der Waals surface area contributed by atoms with Crippen LogP contribution in [-0.4, -0.2) is 68.7 Å². The van der Waals surface area contributed by atoms with Crippen molar-refractivity contribution in [3.05, 3.63) is 69.6 Å². The molecule has 0 saturated carbocycles. The van der Waals surface area contributed by atoms with Gasteiger partial charge in [0.2, 0.25) is 29.5 Å². The van der Waals surface area contributed by atoms with Crippen LogP contribution in [-0.2, 0) is 43.9 Å². The van der Waals surface area contributed by atoms with Crippen molar-refractivity contribution in [2.45, 2.75) is 82.3 Å². The second-order valence-corrected chi connectivity index (χ2v) is 13.2. The number of nitrogens with zero attached hydrogens (tertiary/aromatic N) is 3. The van der Waals surface area contributed by atoms with E-state index in [1.807, 2.05) is 18.2 Å². The lowest BCUT2D eigenvalue weighted by Crippen LogP contribution is -2.54. The highest BCUT2D eigenvalue weighted by molar-refractivity contribution is 6.00. The first-order valence-electron chi connectivity index (χ1n) is 16.9. The second-order valence-electron chi connectivity index (χ2n) is 13.2. The van der Waals surface area contributed by atoms with Gasteiger partial charge in [-0.25, -0.2) is 13.6 Å². The Morgan fingerprint density at radius 1 is 1.04 bits per heavy atom. The summed E-state index contributed by atoms with van der Waals surface area (Å²) in [5.41, 5.74) is 13.5. The van der Waals surface area contributed by atoms with Gasteiger partial charge in [-0.15, -0.1) is 0 Å². The molecule has 13 nitrogen and oxygen atoms in total. The van der Waals surface area contributed by atoms with Crippen LogP contribution in [0, 0.1) is 17.6 Å². The van der Waals surface area contributed by atoms with E-state index in [0.29, 0.717) is 36.5 Å². The Morgan fingerprint density at radius 2 is 1.78 bits per heavy atom. The fourth-order valence-corrected chi connectivity index (χ4v) is 7.00. The molecular formula is C35H43F2N7O6. The van der Waals surface area contributed by atoms with Crippen LogP contribution in [0.25, 0.3) is 11.0 Å². The largest absolute Gasteiger partial charge is 0.370 e. The number of imide groups is 1. The van der Waals surface area contributed by atoms with Crippen molar-refractivity contribution < 1.29 is 32.8 Å². The molecule has 6 N–H and O–H groups in total. The molecule has 0 bridgehead atoms. The summed E-state index contributed by atoms with van der Waals surface area (Å²) in [5.74, 6) is -4.21. The number of amides is 5. The van der Waals surface area contributed by atoms with Gasteiger partial charge in [0.1, 0.15) is 12.1 Å². The molecule has 0 radical (unpaired) electrons. The minimum Gasteiger partial charge on any atom is -0.370 e. The topological polar surface area (TPSA) is 192 Å². The van der Waals surface area contributed by atoms with Crippen molar-refractivity contribution in [1.82, 2.24) is 24.7 Å². The van der Waals surface area contributed by atoms with E-state index in [2.05, 4.69) is 10.6 Å². The van der Waals surface area contributed by atoms with Crippen LogP contribution in [0.4, 0.5) is 8.78 Å². The number of nitrogens with one attached hydrogen (secondary N) is 2. The maximum Gasteiger partial charge on any atom is 0.329 e. The van der Waals surface area contributed by atoms with Gasteiger partial charge in [0.05, 0.1) is 17.1 Å². The van der Waals surface area contributed by atoms with E-state index in [0.717, 1.165) is 48.9 Å². The summed E-state index contributed by atoms with van der Waals surface area (Å²) in [5, 5.41) is 4.98. The molecule has 2 fully saturated rings. The number of imidazole rings is 1. The van der Waals surface area contributed by atoms with Gasteiger partial charge in [0, 0.05) is 39.4 Å². The number of likely N-dealkylation sites (tertiary alicyclic amines) is 1. The molecule has 0 spiro atoms. The number of benzene rings is 2. The number of hydrogen-bond donors (Lipinski definition) is 4. The SMILES string of the molecule is Cn1c(=O)n(C2CCC(=O)NC2=O)c2cccc(CCCC3CCN(C(=O)C(Cc4ccc(F)c(F)c4)NC(=O)C(N)CCC(N)=O)CC3)c21. The number of aryl methyl sites for hydroxylation is 2. The van der Waals surface area contributed by atoms with E-state index < -0.39 is 47.5 Å². The molecule has 5 amide bonds. The van der Waals surface area contributed by atoms with Crippen molar-refractivity contribution >= 4 is 40.6 Å². The first kappa shape index (κ1) is 36.4. The number of aromatic nitrogens is 2. The Balaban J connectivity index is 1.20. The highest BCUT2D eigenvalue weighted by Crippen LogP contribution is 2.28. The lowest BCUT2D eigenvalue weighted by Gasteiger charge is -2.35. The average molecular weight is 696 g/mol. The van der Waals surface area contributed by atoms with Crippen molar-refractivity contribution in [1.29, 1.82) is 0 Å². The normalized spacial score (nSPS) is 18.2. The number of primary amides is 1. The number of para-hydroxylation sites is 1. The van der Waals surface area contributed by atoms with Gasteiger partial charge in [-0.1, -0.05) is 18.2 Å². The van der Waals surface area contributed by atoms with E-state index >= 15 is 0 Å². The smallest absolute Gasteiger partial charge is 0.329 e. The summed E-state index contributed by atoms with van der Waals surface area (Å²) in [7, 11) is 1.68. The van der Waals surface area contributed by atoms with Gasteiger partial charge in [0.25, 0.3) is 0 Å². The fraction of sp³-hybridized carbons (Fsp3) is 0.486. The summed E-state index contributed by atoms with van der Waals surface area (Å²) in [4.78, 5) is 76.8. The molecule has 50 heavy (non-hydrogen) atoms. The molecule has 1 aromatic heterocycles. The molecule has 3 heterocycles. The monoisotopic (exact) mass is 695 g/mol. The molecule has 0 aliphatic carbocycles. The zero-order valence-corrected chi connectivity index (χ0v) is 28.0.